The fourth-order valence-corrected chi connectivity index (χ4v) is 6.59. The molecule has 2 aliphatic heterocycles. The van der Waals surface area contributed by atoms with Gasteiger partial charge in [-0.15, -0.1) is 0 Å². The van der Waals surface area contributed by atoms with Crippen molar-refractivity contribution < 1.29 is 35.2 Å². The average molecular weight is 538 g/mol. The van der Waals surface area contributed by atoms with E-state index < -0.39 is 45.6 Å². The summed E-state index contributed by atoms with van der Waals surface area (Å²) in [7, 11) is -4.07. The summed E-state index contributed by atoms with van der Waals surface area (Å²) in [6.07, 6.45) is -1.74. The van der Waals surface area contributed by atoms with Crippen molar-refractivity contribution in [2.45, 2.75) is 42.5 Å². The summed E-state index contributed by atoms with van der Waals surface area (Å²) >= 11 is 0. The highest BCUT2D eigenvalue weighted by atomic mass is 32.2. The summed E-state index contributed by atoms with van der Waals surface area (Å²) in [6.45, 7) is -0.279. The number of nitrogens with zero attached hydrogens (tertiary/aromatic N) is 3. The van der Waals surface area contributed by atoms with Crippen LogP contribution >= 0.6 is 0 Å². The predicted octanol–water partition coefficient (Wildman–Crippen LogP) is 3.91. The molecule has 1 aromatic heterocycles. The van der Waals surface area contributed by atoms with Gasteiger partial charge in [0.2, 0.25) is 21.8 Å². The fraction of sp³-hybridized carbons (Fsp3) is 0.292. The minimum absolute atomic E-state index is 0.0454. The number of fused-ring (bicyclic) bond motifs is 1. The third kappa shape index (κ3) is 4.68. The molecule has 0 unspecified atom stereocenters. The second-order valence-corrected chi connectivity index (χ2v) is 10.8. The molecular formula is C24H19F5N4O3S. The Balaban J connectivity index is 1.32. The zero-order valence-electron chi connectivity index (χ0n) is 18.9. The number of halogens is 5. The molecule has 3 heterocycles. The second-order valence-electron chi connectivity index (χ2n) is 8.94. The molecule has 1 amide bonds. The van der Waals surface area contributed by atoms with Crippen LogP contribution in [0.1, 0.15) is 24.2 Å². The van der Waals surface area contributed by atoms with Gasteiger partial charge in [0.15, 0.2) is 0 Å². The average Bonchev–Trinajstić information content (AvgIpc) is 3.41. The van der Waals surface area contributed by atoms with Crippen LogP contribution in [-0.4, -0.2) is 40.7 Å². The summed E-state index contributed by atoms with van der Waals surface area (Å²) in [4.78, 5) is 19.5. The van der Waals surface area contributed by atoms with E-state index in [0.717, 1.165) is 47.0 Å². The molecule has 2 saturated heterocycles. The van der Waals surface area contributed by atoms with E-state index in [1.165, 1.54) is 12.1 Å². The maximum Gasteiger partial charge on any atom is 0.451 e. The van der Waals surface area contributed by atoms with Crippen LogP contribution in [-0.2, 0) is 27.5 Å². The Bertz CT molecular complexity index is 1440. The van der Waals surface area contributed by atoms with Gasteiger partial charge in [0.25, 0.3) is 0 Å². The van der Waals surface area contributed by atoms with E-state index in [4.69, 9.17) is 0 Å². The second kappa shape index (κ2) is 9.14. The number of alkyl halides is 3. The molecule has 3 aromatic rings. The van der Waals surface area contributed by atoms with Gasteiger partial charge in [-0.2, -0.15) is 17.5 Å². The van der Waals surface area contributed by atoms with Crippen molar-refractivity contribution in [2.75, 3.05) is 0 Å². The van der Waals surface area contributed by atoms with Crippen molar-refractivity contribution in [1.82, 2.24) is 19.6 Å². The van der Waals surface area contributed by atoms with E-state index in [-0.39, 0.29) is 34.5 Å². The number of hydrogen-bond donors (Lipinski definition) is 1. The molecule has 37 heavy (non-hydrogen) atoms. The lowest BCUT2D eigenvalue weighted by Crippen LogP contribution is -2.46. The Morgan fingerprint density at radius 2 is 1.65 bits per heavy atom. The van der Waals surface area contributed by atoms with Crippen molar-refractivity contribution >= 4 is 15.9 Å². The van der Waals surface area contributed by atoms with Gasteiger partial charge in [0, 0.05) is 36.1 Å². The van der Waals surface area contributed by atoms with Gasteiger partial charge in [-0.1, -0.05) is 6.07 Å². The van der Waals surface area contributed by atoms with Crippen molar-refractivity contribution in [3.8, 4) is 11.1 Å². The Morgan fingerprint density at radius 3 is 2.27 bits per heavy atom. The molecule has 194 valence electrons. The standard InChI is InChI=1S/C24H19F5N4O3S/c25-17-2-4-19(5-3-17)37(35,36)33-18-8-14(9-18)21(33)22(34)30-10-15-7-13(1-6-20(15)26)16-11-31-23(32-12-16)24(27,28)29/h1-7,11-12,14,18,21H,8-10H2,(H,30,34)/t14?,18?,21-/m0/s1. The third-order valence-electron chi connectivity index (χ3n) is 6.63. The van der Waals surface area contributed by atoms with E-state index in [1.807, 2.05) is 0 Å². The zero-order chi connectivity index (χ0) is 26.5. The van der Waals surface area contributed by atoms with Gasteiger partial charge in [0.05, 0.1) is 4.90 Å². The molecule has 2 aromatic carbocycles. The quantitative estimate of drug-likeness (QED) is 0.481. The highest BCUT2D eigenvalue weighted by Crippen LogP contribution is 2.48. The number of carbonyl (C=O) groups is 1. The number of hydrogen-bond acceptors (Lipinski definition) is 5. The summed E-state index contributed by atoms with van der Waals surface area (Å²) in [5.74, 6) is -3.35. The molecule has 13 heteroatoms. The monoisotopic (exact) mass is 538 g/mol. The molecule has 3 aliphatic rings. The lowest BCUT2D eigenvalue weighted by molar-refractivity contribution is -0.145. The lowest BCUT2D eigenvalue weighted by Gasteiger charge is -2.25. The van der Waals surface area contributed by atoms with Gasteiger partial charge >= 0.3 is 6.18 Å². The molecule has 1 aliphatic carbocycles. The van der Waals surface area contributed by atoms with E-state index in [2.05, 4.69) is 15.3 Å². The smallest absolute Gasteiger partial charge is 0.351 e. The predicted molar refractivity (Wildman–Crippen MR) is 120 cm³/mol. The number of rotatable bonds is 6. The van der Waals surface area contributed by atoms with Gasteiger partial charge in [-0.25, -0.2) is 27.2 Å². The van der Waals surface area contributed by atoms with Crippen molar-refractivity contribution in [3.63, 3.8) is 0 Å². The number of nitrogens with one attached hydrogen (secondary N) is 1. The number of carbonyl (C=O) groups excluding carboxylic acids is 1. The van der Waals surface area contributed by atoms with Crippen LogP contribution in [0.5, 0.6) is 0 Å². The maximum atomic E-state index is 14.5. The van der Waals surface area contributed by atoms with Crippen molar-refractivity contribution in [3.05, 3.63) is 77.9 Å². The zero-order valence-corrected chi connectivity index (χ0v) is 19.7. The van der Waals surface area contributed by atoms with Crippen LogP contribution in [0, 0.1) is 17.6 Å². The van der Waals surface area contributed by atoms with Gasteiger partial charge in [-0.3, -0.25) is 4.79 Å². The van der Waals surface area contributed by atoms with E-state index in [0.29, 0.717) is 18.4 Å². The normalized spacial score (nSPS) is 21.5. The van der Waals surface area contributed by atoms with Crippen molar-refractivity contribution in [1.29, 1.82) is 0 Å². The molecule has 6 rings (SSSR count). The van der Waals surface area contributed by atoms with Crippen molar-refractivity contribution in [2.24, 2.45) is 5.92 Å². The van der Waals surface area contributed by atoms with E-state index in [1.54, 1.807) is 0 Å². The summed E-state index contributed by atoms with van der Waals surface area (Å²) in [5.41, 5.74) is 0.598. The lowest BCUT2D eigenvalue weighted by atomic mass is 9.83. The number of sulfonamides is 1. The summed E-state index contributed by atoms with van der Waals surface area (Å²) < 4.78 is 93.4. The van der Waals surface area contributed by atoms with Crippen LogP contribution in [0.2, 0.25) is 0 Å². The van der Waals surface area contributed by atoms with Crippen LogP contribution in [0.25, 0.3) is 11.1 Å². The van der Waals surface area contributed by atoms with Gasteiger partial charge in [-0.05, 0) is 60.7 Å². The number of amides is 1. The van der Waals surface area contributed by atoms with Crippen LogP contribution < -0.4 is 5.32 Å². The molecule has 1 saturated carbocycles. The topological polar surface area (TPSA) is 92.3 Å². The molecular weight excluding hydrogens is 519 g/mol. The first-order valence-electron chi connectivity index (χ1n) is 11.2. The summed E-state index contributed by atoms with van der Waals surface area (Å²) in [5, 5.41) is 2.58. The third-order valence-corrected chi connectivity index (χ3v) is 8.57. The molecule has 3 fully saturated rings. The van der Waals surface area contributed by atoms with Gasteiger partial charge in [0.1, 0.15) is 17.7 Å². The Labute approximate surface area is 208 Å². The highest BCUT2D eigenvalue weighted by Gasteiger charge is 2.58. The minimum atomic E-state index is -4.70. The van der Waals surface area contributed by atoms with E-state index >= 15 is 0 Å². The first-order chi connectivity index (χ1) is 17.4. The molecule has 0 radical (unpaired) electrons. The number of benzene rings is 2. The van der Waals surface area contributed by atoms with Crippen LogP contribution in [0.3, 0.4) is 0 Å². The summed E-state index contributed by atoms with van der Waals surface area (Å²) in [6, 6.07) is 6.79. The largest absolute Gasteiger partial charge is 0.451 e. The molecule has 2 bridgehead atoms. The SMILES string of the molecule is O=C(NCc1cc(-c2cnc(C(F)(F)F)nc2)ccc1F)[C@@H]1C2CC(C2)N1S(=O)(=O)c1ccc(F)cc1. The molecule has 0 spiro atoms. The number of aromatic nitrogens is 2. The van der Waals surface area contributed by atoms with Crippen LogP contribution in [0.15, 0.2) is 59.8 Å². The van der Waals surface area contributed by atoms with Gasteiger partial charge < -0.3 is 5.32 Å². The fourth-order valence-electron chi connectivity index (χ4n) is 4.73. The molecule has 1 atom stereocenters. The van der Waals surface area contributed by atoms with E-state index in [9.17, 15) is 35.2 Å². The first-order valence-corrected chi connectivity index (χ1v) is 12.6. The van der Waals surface area contributed by atoms with Crippen LogP contribution in [0.4, 0.5) is 22.0 Å². The molecule has 1 N–H and O–H groups in total. The minimum Gasteiger partial charge on any atom is -0.351 e. The first kappa shape index (κ1) is 25.2. The Hall–Kier alpha value is -3.45. The Morgan fingerprint density at radius 1 is 1.00 bits per heavy atom. The maximum absolute atomic E-state index is 14.5. The Kier molecular flexibility index (Phi) is 6.23. The molecule has 7 nitrogen and oxygen atoms in total. The highest BCUT2D eigenvalue weighted by molar-refractivity contribution is 7.89.